The zero-order valence-corrected chi connectivity index (χ0v) is 20.1. The summed E-state index contributed by atoms with van der Waals surface area (Å²) < 4.78 is 2.13. The number of quaternary nitrogens is 1. The minimum absolute atomic E-state index is 0.253. The highest BCUT2D eigenvalue weighted by Gasteiger charge is 2.24. The molecule has 1 aromatic rings. The summed E-state index contributed by atoms with van der Waals surface area (Å²) in [6.07, 6.45) is 11.1. The van der Waals surface area contributed by atoms with Gasteiger partial charge in [0.05, 0.1) is 32.1 Å². The first-order valence-corrected chi connectivity index (χ1v) is 11.8. The van der Waals surface area contributed by atoms with Crippen molar-refractivity contribution in [2.45, 2.75) is 79.1 Å². The highest BCUT2D eigenvalue weighted by Crippen LogP contribution is 2.16. The minimum Gasteiger partial charge on any atom is -0.545 e. The molecule has 27 heavy (non-hydrogen) atoms. The Balaban J connectivity index is 0.000000569. The molecule has 156 valence electrons. The summed E-state index contributed by atoms with van der Waals surface area (Å²) in [4.78, 5) is 10.3. The topological polar surface area (TPSA) is 40.1 Å². The van der Waals surface area contributed by atoms with Gasteiger partial charge in [-0.1, -0.05) is 71.6 Å². The second-order valence-electron chi connectivity index (χ2n) is 7.42. The molecule has 0 fully saturated rings. The average molecular weight is 489 g/mol. The second-order valence-corrected chi connectivity index (χ2v) is 8.58. The Labute approximate surface area is 181 Å². The van der Waals surface area contributed by atoms with Crippen molar-refractivity contribution in [3.63, 3.8) is 0 Å². The van der Waals surface area contributed by atoms with Gasteiger partial charge in [0.25, 0.3) is 0 Å². The molecule has 0 N–H and O–H groups in total. The van der Waals surface area contributed by atoms with Gasteiger partial charge in [-0.15, -0.1) is 0 Å². The standard InChI is InChI=1S/C16H36N.C7H5IO2/c1-5-9-13-17(14-10-6-2,15-11-7-3)16-12-8-4;8-6-4-2-1-3-5(6)7(9)10/h5-16H2,1-4H3;1-4H,(H,9,10)/q+1;/p-1. The quantitative estimate of drug-likeness (QED) is 0.265. The fourth-order valence-electron chi connectivity index (χ4n) is 3.27. The Morgan fingerprint density at radius 3 is 1.44 bits per heavy atom. The number of carbonyl (C=O) groups is 1. The summed E-state index contributed by atoms with van der Waals surface area (Å²) in [5, 5.41) is 10.3. The zero-order chi connectivity index (χ0) is 20.5. The van der Waals surface area contributed by atoms with Crippen molar-refractivity contribution in [2.75, 3.05) is 26.2 Å². The van der Waals surface area contributed by atoms with Gasteiger partial charge in [0.2, 0.25) is 0 Å². The lowest BCUT2D eigenvalue weighted by molar-refractivity contribution is -0.929. The third-order valence-electron chi connectivity index (χ3n) is 5.04. The third kappa shape index (κ3) is 11.7. The normalized spacial score (nSPS) is 11.0. The number of unbranched alkanes of at least 4 members (excludes halogenated alkanes) is 4. The van der Waals surface area contributed by atoms with Crippen LogP contribution in [0.15, 0.2) is 24.3 Å². The van der Waals surface area contributed by atoms with E-state index in [1.165, 1.54) is 88.1 Å². The molecule has 0 aromatic heterocycles. The summed E-state index contributed by atoms with van der Waals surface area (Å²) in [6.45, 7) is 15.0. The number of hydrogen-bond donors (Lipinski definition) is 0. The molecule has 0 heterocycles. The van der Waals surface area contributed by atoms with Gasteiger partial charge in [-0.25, -0.2) is 0 Å². The van der Waals surface area contributed by atoms with E-state index in [2.05, 4.69) is 27.7 Å². The van der Waals surface area contributed by atoms with Gasteiger partial charge in [0.15, 0.2) is 0 Å². The molecule has 0 amide bonds. The molecule has 1 rings (SSSR count). The highest BCUT2D eigenvalue weighted by atomic mass is 127. The van der Waals surface area contributed by atoms with Gasteiger partial charge in [0, 0.05) is 9.13 Å². The van der Waals surface area contributed by atoms with Gasteiger partial charge >= 0.3 is 0 Å². The van der Waals surface area contributed by atoms with Crippen LogP contribution in [-0.2, 0) is 0 Å². The summed E-state index contributed by atoms with van der Waals surface area (Å²) in [7, 11) is 0. The van der Waals surface area contributed by atoms with Crippen LogP contribution in [0.5, 0.6) is 0 Å². The third-order valence-corrected chi connectivity index (χ3v) is 5.98. The number of carbonyl (C=O) groups excluding carboxylic acids is 1. The Morgan fingerprint density at radius 2 is 1.19 bits per heavy atom. The van der Waals surface area contributed by atoms with Crippen LogP contribution in [0.1, 0.15) is 89.4 Å². The molecular weight excluding hydrogens is 449 g/mol. The molecule has 0 atom stereocenters. The predicted molar refractivity (Wildman–Crippen MR) is 123 cm³/mol. The van der Waals surface area contributed by atoms with Crippen molar-refractivity contribution in [3.05, 3.63) is 33.4 Å². The van der Waals surface area contributed by atoms with Crippen LogP contribution in [0.4, 0.5) is 0 Å². The predicted octanol–water partition coefficient (Wildman–Crippen LogP) is 5.66. The van der Waals surface area contributed by atoms with Gasteiger partial charge in [-0.2, -0.15) is 0 Å². The Bertz CT molecular complexity index is 467. The first-order valence-electron chi connectivity index (χ1n) is 10.8. The molecule has 0 bridgehead atoms. The summed E-state index contributed by atoms with van der Waals surface area (Å²) in [5.74, 6) is -1.12. The number of benzene rings is 1. The number of nitrogens with zero attached hydrogens (tertiary/aromatic N) is 1. The summed E-state index contributed by atoms with van der Waals surface area (Å²) in [6, 6.07) is 6.71. The average Bonchev–Trinajstić information content (AvgIpc) is 2.67. The van der Waals surface area contributed by atoms with E-state index in [0.717, 1.165) is 0 Å². The molecule has 0 saturated carbocycles. The van der Waals surface area contributed by atoms with E-state index in [-0.39, 0.29) is 5.56 Å². The van der Waals surface area contributed by atoms with E-state index in [1.807, 2.05) is 22.6 Å². The number of carboxylic acids is 1. The van der Waals surface area contributed by atoms with Crippen LogP contribution >= 0.6 is 22.6 Å². The molecule has 0 aliphatic heterocycles. The number of aromatic carboxylic acids is 1. The SMILES string of the molecule is CCCC[N+](CCCC)(CCCC)CCCC.O=C([O-])c1ccccc1I. The Hall–Kier alpha value is -0.620. The van der Waals surface area contributed by atoms with Crippen molar-refractivity contribution in [2.24, 2.45) is 0 Å². The zero-order valence-electron chi connectivity index (χ0n) is 17.9. The fourth-order valence-corrected chi connectivity index (χ4v) is 3.88. The molecule has 1 aromatic carbocycles. The molecule has 0 saturated heterocycles. The highest BCUT2D eigenvalue weighted by molar-refractivity contribution is 14.1. The molecule has 4 heteroatoms. The monoisotopic (exact) mass is 489 g/mol. The second kappa shape index (κ2) is 16.3. The Kier molecular flexibility index (Phi) is 16.0. The van der Waals surface area contributed by atoms with Crippen LogP contribution in [0.3, 0.4) is 0 Å². The minimum atomic E-state index is -1.12. The number of halogens is 1. The first-order chi connectivity index (χ1) is 13.0. The molecule has 0 aliphatic rings. The van der Waals surface area contributed by atoms with Crippen LogP contribution in [0, 0.1) is 3.57 Å². The maximum atomic E-state index is 10.3. The molecule has 0 spiro atoms. The van der Waals surface area contributed by atoms with Gasteiger partial charge in [-0.05, 0) is 54.3 Å². The number of hydrogen-bond acceptors (Lipinski definition) is 2. The van der Waals surface area contributed by atoms with Crippen molar-refractivity contribution < 1.29 is 14.4 Å². The number of rotatable bonds is 13. The lowest BCUT2D eigenvalue weighted by atomic mass is 10.1. The maximum absolute atomic E-state index is 10.3. The molecule has 3 nitrogen and oxygen atoms in total. The van der Waals surface area contributed by atoms with Crippen molar-refractivity contribution in [3.8, 4) is 0 Å². The van der Waals surface area contributed by atoms with E-state index in [1.54, 1.807) is 18.2 Å². The van der Waals surface area contributed by atoms with Crippen LogP contribution in [-0.4, -0.2) is 36.6 Å². The molecule has 0 unspecified atom stereocenters. The van der Waals surface area contributed by atoms with Crippen molar-refractivity contribution in [1.82, 2.24) is 0 Å². The van der Waals surface area contributed by atoms with Crippen molar-refractivity contribution >= 4 is 28.6 Å². The van der Waals surface area contributed by atoms with Crippen molar-refractivity contribution in [1.29, 1.82) is 0 Å². The van der Waals surface area contributed by atoms with E-state index >= 15 is 0 Å². The number of carboxylic acid groups (broad SMARTS) is 1. The fraction of sp³-hybridized carbons (Fsp3) is 0.696. The summed E-state index contributed by atoms with van der Waals surface area (Å²) >= 11 is 1.95. The Morgan fingerprint density at radius 1 is 0.815 bits per heavy atom. The molecule has 0 aliphatic carbocycles. The van der Waals surface area contributed by atoms with Crippen LogP contribution in [0.25, 0.3) is 0 Å². The maximum Gasteiger partial charge on any atom is 0.0786 e. The molecular formula is C23H40INO2. The summed E-state index contributed by atoms with van der Waals surface area (Å²) in [5.41, 5.74) is 0.253. The molecule has 0 radical (unpaired) electrons. The first kappa shape index (κ1) is 26.4. The smallest absolute Gasteiger partial charge is 0.0786 e. The largest absolute Gasteiger partial charge is 0.545 e. The van der Waals surface area contributed by atoms with Gasteiger partial charge in [0.1, 0.15) is 0 Å². The lowest BCUT2D eigenvalue weighted by Crippen LogP contribution is -2.50. The van der Waals surface area contributed by atoms with Crippen LogP contribution < -0.4 is 5.11 Å². The van der Waals surface area contributed by atoms with Gasteiger partial charge < -0.3 is 14.4 Å². The van der Waals surface area contributed by atoms with E-state index < -0.39 is 5.97 Å². The lowest BCUT2D eigenvalue weighted by Gasteiger charge is -2.39. The van der Waals surface area contributed by atoms with Crippen LogP contribution in [0.2, 0.25) is 0 Å². The van der Waals surface area contributed by atoms with Gasteiger partial charge in [-0.3, -0.25) is 0 Å². The van der Waals surface area contributed by atoms with E-state index in [0.29, 0.717) is 3.57 Å². The van der Waals surface area contributed by atoms with E-state index in [4.69, 9.17) is 0 Å². The van der Waals surface area contributed by atoms with E-state index in [9.17, 15) is 9.90 Å².